The number of aromatic hydroxyl groups is 1. The second kappa shape index (κ2) is 10.5. The highest BCUT2D eigenvalue weighted by Crippen LogP contribution is 2.22. The zero-order valence-electron chi connectivity index (χ0n) is 17.7. The van der Waals surface area contributed by atoms with Crippen molar-refractivity contribution in [3.8, 4) is 11.5 Å². The summed E-state index contributed by atoms with van der Waals surface area (Å²) in [7, 11) is 0. The Balaban J connectivity index is 1.37. The van der Waals surface area contributed by atoms with E-state index in [1.165, 1.54) is 0 Å². The maximum absolute atomic E-state index is 13.0. The first-order valence-electron chi connectivity index (χ1n) is 11.0. The fourth-order valence-electron chi connectivity index (χ4n) is 3.91. The average Bonchev–Trinajstić information content (AvgIpc) is 3.48. The minimum atomic E-state index is -0.230. The smallest absolute Gasteiger partial charge is 0.322 e. The number of amides is 2. The lowest BCUT2D eigenvalue weighted by molar-refractivity contribution is 0.0679. The van der Waals surface area contributed by atoms with Crippen molar-refractivity contribution in [2.45, 2.75) is 44.4 Å². The fraction of sp³-hybridized carbons (Fsp3) is 0.458. The summed E-state index contributed by atoms with van der Waals surface area (Å²) < 4.78 is 17.1. The van der Waals surface area contributed by atoms with Gasteiger partial charge in [-0.1, -0.05) is 18.2 Å². The van der Waals surface area contributed by atoms with Crippen LogP contribution in [-0.2, 0) is 16.0 Å². The third kappa shape index (κ3) is 6.12. The molecule has 7 nitrogen and oxygen atoms in total. The number of hydrogen-bond donors (Lipinski definition) is 2. The number of urea groups is 1. The minimum absolute atomic E-state index is 0.0187. The lowest BCUT2D eigenvalue weighted by atomic mass is 10.1. The SMILES string of the molecule is O=C(Nc1ccc(OC[C@@H]2CCCO2)cc1)N(Cc1ccccc1O)C[C@@H]1CCCO1. The summed E-state index contributed by atoms with van der Waals surface area (Å²) in [5.74, 6) is 0.930. The van der Waals surface area contributed by atoms with Gasteiger partial charge in [-0.15, -0.1) is 0 Å². The Morgan fingerprint density at radius 1 is 1.03 bits per heavy atom. The summed E-state index contributed by atoms with van der Waals surface area (Å²) in [5, 5.41) is 13.1. The van der Waals surface area contributed by atoms with Crippen LogP contribution in [0.3, 0.4) is 0 Å². The fourth-order valence-corrected chi connectivity index (χ4v) is 3.91. The van der Waals surface area contributed by atoms with Gasteiger partial charge in [0, 0.05) is 31.0 Å². The predicted octanol–water partition coefficient (Wildman–Crippen LogP) is 4.16. The van der Waals surface area contributed by atoms with Crippen LogP contribution in [0, 0.1) is 0 Å². The van der Waals surface area contributed by atoms with E-state index in [2.05, 4.69) is 5.32 Å². The largest absolute Gasteiger partial charge is 0.508 e. The number of benzene rings is 2. The van der Waals surface area contributed by atoms with E-state index in [9.17, 15) is 9.90 Å². The molecule has 0 bridgehead atoms. The molecule has 0 radical (unpaired) electrons. The summed E-state index contributed by atoms with van der Waals surface area (Å²) in [6, 6.07) is 14.2. The van der Waals surface area contributed by atoms with Crippen molar-refractivity contribution < 1.29 is 24.1 Å². The lowest BCUT2D eigenvalue weighted by Crippen LogP contribution is -2.39. The highest BCUT2D eigenvalue weighted by atomic mass is 16.5. The number of carbonyl (C=O) groups is 1. The molecule has 0 unspecified atom stereocenters. The molecule has 2 aromatic carbocycles. The van der Waals surface area contributed by atoms with Crippen molar-refractivity contribution in [1.29, 1.82) is 0 Å². The molecule has 2 saturated heterocycles. The maximum Gasteiger partial charge on any atom is 0.322 e. The lowest BCUT2D eigenvalue weighted by Gasteiger charge is -2.26. The first-order chi connectivity index (χ1) is 15.2. The third-order valence-corrected chi connectivity index (χ3v) is 5.65. The molecular formula is C24H30N2O5. The van der Waals surface area contributed by atoms with Crippen molar-refractivity contribution in [2.75, 3.05) is 31.7 Å². The van der Waals surface area contributed by atoms with Crippen LogP contribution in [0.2, 0.25) is 0 Å². The molecule has 0 saturated carbocycles. The van der Waals surface area contributed by atoms with Crippen LogP contribution in [0.5, 0.6) is 11.5 Å². The van der Waals surface area contributed by atoms with E-state index in [-0.39, 0.29) is 24.0 Å². The summed E-state index contributed by atoms with van der Waals surface area (Å²) in [6.45, 7) is 2.86. The Morgan fingerprint density at radius 2 is 1.74 bits per heavy atom. The summed E-state index contributed by atoms with van der Waals surface area (Å²) in [6.07, 6.45) is 4.24. The standard InChI is InChI=1S/C24H30N2O5/c27-23-8-2-1-5-18(23)15-26(16-21-6-3-13-29-21)24(28)25-19-9-11-20(12-10-19)31-17-22-7-4-14-30-22/h1-2,5,8-12,21-22,27H,3-4,6-7,13-17H2,(H,25,28)/t21-,22-/m0/s1. The molecule has 0 aromatic heterocycles. The Hall–Kier alpha value is -2.77. The molecule has 2 heterocycles. The van der Waals surface area contributed by atoms with Crippen LogP contribution in [0.1, 0.15) is 31.2 Å². The number of carbonyl (C=O) groups excluding carboxylic acids is 1. The van der Waals surface area contributed by atoms with Gasteiger partial charge < -0.3 is 29.5 Å². The Labute approximate surface area is 182 Å². The van der Waals surface area contributed by atoms with Crippen LogP contribution in [0.4, 0.5) is 10.5 Å². The number of phenolic OH excluding ortho intramolecular Hbond substituents is 1. The minimum Gasteiger partial charge on any atom is -0.508 e. The van der Waals surface area contributed by atoms with E-state index in [0.717, 1.165) is 44.6 Å². The molecule has 31 heavy (non-hydrogen) atoms. The molecule has 2 atom stereocenters. The number of hydrogen-bond acceptors (Lipinski definition) is 5. The molecule has 2 fully saturated rings. The summed E-state index contributed by atoms with van der Waals surface area (Å²) in [5.41, 5.74) is 1.39. The quantitative estimate of drug-likeness (QED) is 0.662. The highest BCUT2D eigenvalue weighted by molar-refractivity contribution is 5.89. The zero-order valence-corrected chi connectivity index (χ0v) is 17.7. The maximum atomic E-state index is 13.0. The van der Waals surface area contributed by atoms with Crippen molar-refractivity contribution in [3.05, 3.63) is 54.1 Å². The predicted molar refractivity (Wildman–Crippen MR) is 117 cm³/mol. The first kappa shape index (κ1) is 21.5. The van der Waals surface area contributed by atoms with Crippen LogP contribution in [0.15, 0.2) is 48.5 Å². The molecule has 166 valence electrons. The van der Waals surface area contributed by atoms with E-state index < -0.39 is 0 Å². The number of nitrogens with one attached hydrogen (secondary N) is 1. The number of para-hydroxylation sites is 1. The van der Waals surface area contributed by atoms with Crippen LogP contribution in [-0.4, -0.2) is 54.6 Å². The van der Waals surface area contributed by atoms with Crippen molar-refractivity contribution in [1.82, 2.24) is 4.90 Å². The van der Waals surface area contributed by atoms with Crippen molar-refractivity contribution >= 4 is 11.7 Å². The van der Waals surface area contributed by atoms with E-state index in [1.807, 2.05) is 36.4 Å². The Bertz CT molecular complexity index is 845. The number of rotatable bonds is 8. The van der Waals surface area contributed by atoms with E-state index in [0.29, 0.717) is 30.9 Å². The molecule has 2 amide bonds. The second-order valence-corrected chi connectivity index (χ2v) is 8.04. The van der Waals surface area contributed by atoms with Gasteiger partial charge in [0.05, 0.1) is 18.8 Å². The summed E-state index contributed by atoms with van der Waals surface area (Å²) in [4.78, 5) is 14.7. The highest BCUT2D eigenvalue weighted by Gasteiger charge is 2.24. The monoisotopic (exact) mass is 426 g/mol. The Kier molecular flexibility index (Phi) is 7.27. The first-order valence-corrected chi connectivity index (χ1v) is 11.0. The van der Waals surface area contributed by atoms with Gasteiger partial charge in [-0.2, -0.15) is 0 Å². The number of phenols is 1. The van der Waals surface area contributed by atoms with E-state index in [4.69, 9.17) is 14.2 Å². The number of anilines is 1. The summed E-state index contributed by atoms with van der Waals surface area (Å²) >= 11 is 0. The van der Waals surface area contributed by atoms with Gasteiger partial charge in [0.1, 0.15) is 18.1 Å². The van der Waals surface area contributed by atoms with Gasteiger partial charge in [-0.05, 0) is 56.0 Å². The number of ether oxygens (including phenoxy) is 3. The van der Waals surface area contributed by atoms with Gasteiger partial charge in [-0.25, -0.2) is 4.79 Å². The normalized spacial score (nSPS) is 20.5. The van der Waals surface area contributed by atoms with Gasteiger partial charge in [0.2, 0.25) is 0 Å². The molecule has 0 aliphatic carbocycles. The molecule has 2 N–H and O–H groups in total. The molecule has 2 aromatic rings. The van der Waals surface area contributed by atoms with Gasteiger partial charge in [-0.3, -0.25) is 0 Å². The van der Waals surface area contributed by atoms with E-state index >= 15 is 0 Å². The molecule has 0 spiro atoms. The molecule has 4 rings (SSSR count). The van der Waals surface area contributed by atoms with Crippen LogP contribution in [0.25, 0.3) is 0 Å². The molecular weight excluding hydrogens is 396 g/mol. The molecule has 7 heteroatoms. The Morgan fingerprint density at radius 3 is 2.42 bits per heavy atom. The molecule has 2 aliphatic heterocycles. The van der Waals surface area contributed by atoms with Crippen molar-refractivity contribution in [2.24, 2.45) is 0 Å². The second-order valence-electron chi connectivity index (χ2n) is 8.04. The number of nitrogens with zero attached hydrogens (tertiary/aromatic N) is 1. The zero-order chi connectivity index (χ0) is 21.5. The topological polar surface area (TPSA) is 80.3 Å². The third-order valence-electron chi connectivity index (χ3n) is 5.65. The van der Waals surface area contributed by atoms with Crippen LogP contribution < -0.4 is 10.1 Å². The van der Waals surface area contributed by atoms with Gasteiger partial charge >= 0.3 is 6.03 Å². The van der Waals surface area contributed by atoms with Crippen molar-refractivity contribution in [3.63, 3.8) is 0 Å². The van der Waals surface area contributed by atoms with Gasteiger partial charge in [0.25, 0.3) is 0 Å². The average molecular weight is 427 g/mol. The van der Waals surface area contributed by atoms with Gasteiger partial charge in [0.15, 0.2) is 0 Å². The molecule has 2 aliphatic rings. The van der Waals surface area contributed by atoms with E-state index in [1.54, 1.807) is 17.0 Å². The van der Waals surface area contributed by atoms with Crippen LogP contribution >= 0.6 is 0 Å².